The monoisotopic (exact) mass is 256 g/mol. The molecule has 2 heterocycles. The molecule has 98 valence electrons. The van der Waals surface area contributed by atoms with Crippen molar-refractivity contribution >= 4 is 11.6 Å². The number of carbonyl (C=O) groups excluding carboxylic acids is 1. The summed E-state index contributed by atoms with van der Waals surface area (Å²) in [5.74, 6) is 1.19. The molecule has 4 nitrogen and oxygen atoms in total. The van der Waals surface area contributed by atoms with Gasteiger partial charge in [0.1, 0.15) is 5.76 Å². The van der Waals surface area contributed by atoms with Crippen molar-refractivity contribution < 1.29 is 9.21 Å². The van der Waals surface area contributed by atoms with Crippen LogP contribution < -0.4 is 5.73 Å². The lowest BCUT2D eigenvalue weighted by molar-refractivity contribution is 0.0717. The standard InChI is InChI=1S/C15H16N2O2/c1-2-13-5-6-14(19-13)15(18)17-8-10-3-4-12(16)7-11(10)9-17/h3-7H,2,8-9,16H2,1H3. The molecule has 4 heteroatoms. The highest BCUT2D eigenvalue weighted by Gasteiger charge is 2.26. The maximum absolute atomic E-state index is 12.3. The predicted octanol–water partition coefficient (Wildman–Crippen LogP) is 2.58. The summed E-state index contributed by atoms with van der Waals surface area (Å²) in [5.41, 5.74) is 8.78. The van der Waals surface area contributed by atoms with Crippen molar-refractivity contribution in [2.45, 2.75) is 26.4 Å². The summed E-state index contributed by atoms with van der Waals surface area (Å²) in [6.07, 6.45) is 0.796. The fourth-order valence-electron chi connectivity index (χ4n) is 2.40. The maximum atomic E-state index is 12.3. The van der Waals surface area contributed by atoms with Crippen LogP contribution in [-0.4, -0.2) is 10.8 Å². The number of anilines is 1. The summed E-state index contributed by atoms with van der Waals surface area (Å²) in [6, 6.07) is 9.39. The minimum Gasteiger partial charge on any atom is -0.456 e. The van der Waals surface area contributed by atoms with Gasteiger partial charge in [0, 0.05) is 25.2 Å². The molecule has 0 fully saturated rings. The molecule has 1 amide bonds. The van der Waals surface area contributed by atoms with Gasteiger partial charge in [-0.25, -0.2) is 0 Å². The number of carbonyl (C=O) groups is 1. The van der Waals surface area contributed by atoms with Crippen molar-refractivity contribution in [3.8, 4) is 0 Å². The number of nitrogen functional groups attached to an aromatic ring is 1. The molecule has 0 spiro atoms. The number of hydrogen-bond acceptors (Lipinski definition) is 3. The maximum Gasteiger partial charge on any atom is 0.290 e. The molecule has 0 saturated heterocycles. The molecule has 1 aliphatic rings. The first-order valence-corrected chi connectivity index (χ1v) is 6.42. The molecule has 0 aliphatic carbocycles. The highest BCUT2D eigenvalue weighted by Crippen LogP contribution is 2.26. The molecule has 0 bridgehead atoms. The zero-order chi connectivity index (χ0) is 13.4. The van der Waals surface area contributed by atoms with Gasteiger partial charge in [0.25, 0.3) is 5.91 Å². The van der Waals surface area contributed by atoms with Gasteiger partial charge in [0.2, 0.25) is 0 Å². The lowest BCUT2D eigenvalue weighted by Gasteiger charge is -2.13. The number of nitrogens with zero attached hydrogens (tertiary/aromatic N) is 1. The summed E-state index contributed by atoms with van der Waals surface area (Å²) >= 11 is 0. The molecule has 19 heavy (non-hydrogen) atoms. The van der Waals surface area contributed by atoms with Crippen molar-refractivity contribution in [3.63, 3.8) is 0 Å². The molecule has 0 radical (unpaired) electrons. The second-order valence-corrected chi connectivity index (χ2v) is 4.81. The van der Waals surface area contributed by atoms with Gasteiger partial charge < -0.3 is 15.1 Å². The second kappa shape index (κ2) is 4.46. The van der Waals surface area contributed by atoms with Crippen LogP contribution in [0, 0.1) is 0 Å². The van der Waals surface area contributed by atoms with Crippen LogP contribution in [0.1, 0.15) is 34.4 Å². The minimum atomic E-state index is -0.0607. The molecule has 0 saturated carbocycles. The van der Waals surface area contributed by atoms with Crippen LogP contribution in [0.4, 0.5) is 5.69 Å². The quantitative estimate of drug-likeness (QED) is 0.840. The lowest BCUT2D eigenvalue weighted by atomic mass is 10.1. The van der Waals surface area contributed by atoms with Crippen LogP contribution in [0.25, 0.3) is 0 Å². The second-order valence-electron chi connectivity index (χ2n) is 4.81. The lowest BCUT2D eigenvalue weighted by Crippen LogP contribution is -2.24. The third-order valence-electron chi connectivity index (χ3n) is 3.46. The Balaban J connectivity index is 1.80. The largest absolute Gasteiger partial charge is 0.456 e. The summed E-state index contributed by atoms with van der Waals surface area (Å²) in [4.78, 5) is 14.1. The van der Waals surface area contributed by atoms with E-state index in [4.69, 9.17) is 10.2 Å². The number of fused-ring (bicyclic) bond motifs is 1. The van der Waals surface area contributed by atoms with Crippen molar-refractivity contribution in [1.29, 1.82) is 0 Å². The number of aryl methyl sites for hydroxylation is 1. The van der Waals surface area contributed by atoms with Crippen LogP contribution in [0.15, 0.2) is 34.7 Å². The molecule has 1 aromatic heterocycles. The molecule has 0 unspecified atom stereocenters. The predicted molar refractivity (Wildman–Crippen MR) is 72.5 cm³/mol. The SMILES string of the molecule is CCc1ccc(C(=O)N2Cc3ccc(N)cc3C2)o1. The van der Waals surface area contributed by atoms with Crippen LogP contribution in [0.2, 0.25) is 0 Å². The third kappa shape index (κ3) is 2.10. The average Bonchev–Trinajstić information content (AvgIpc) is 3.03. The van der Waals surface area contributed by atoms with Crippen LogP contribution in [0.5, 0.6) is 0 Å². The minimum absolute atomic E-state index is 0.0607. The van der Waals surface area contributed by atoms with Crippen molar-refractivity contribution in [2.75, 3.05) is 5.73 Å². The number of rotatable bonds is 2. The van der Waals surface area contributed by atoms with E-state index in [0.717, 1.165) is 29.0 Å². The van der Waals surface area contributed by atoms with E-state index in [1.165, 1.54) is 0 Å². The Morgan fingerprint density at radius 3 is 2.79 bits per heavy atom. The van der Waals surface area contributed by atoms with E-state index in [2.05, 4.69) is 0 Å². The van der Waals surface area contributed by atoms with Gasteiger partial charge in [-0.15, -0.1) is 0 Å². The first kappa shape index (κ1) is 11.8. The Bertz CT molecular complexity index is 631. The topological polar surface area (TPSA) is 59.5 Å². The number of benzene rings is 1. The van der Waals surface area contributed by atoms with Crippen LogP contribution in [0.3, 0.4) is 0 Å². The molecule has 2 aromatic rings. The van der Waals surface area contributed by atoms with Crippen molar-refractivity contribution in [1.82, 2.24) is 4.90 Å². The summed E-state index contributed by atoms with van der Waals surface area (Å²) in [7, 11) is 0. The van der Waals surface area contributed by atoms with E-state index in [1.807, 2.05) is 31.2 Å². The molecule has 3 rings (SSSR count). The highest BCUT2D eigenvalue weighted by atomic mass is 16.4. The third-order valence-corrected chi connectivity index (χ3v) is 3.46. The molecule has 0 atom stereocenters. The Hall–Kier alpha value is -2.23. The normalized spacial score (nSPS) is 13.6. The number of amides is 1. The zero-order valence-electron chi connectivity index (χ0n) is 10.8. The Labute approximate surface area is 111 Å². The Morgan fingerprint density at radius 2 is 2.05 bits per heavy atom. The van der Waals surface area contributed by atoms with Crippen molar-refractivity contribution in [2.24, 2.45) is 0 Å². The van der Waals surface area contributed by atoms with E-state index in [1.54, 1.807) is 11.0 Å². The van der Waals surface area contributed by atoms with Gasteiger partial charge in [0.05, 0.1) is 0 Å². The first-order chi connectivity index (χ1) is 9.17. The van der Waals surface area contributed by atoms with E-state index in [0.29, 0.717) is 18.8 Å². The van der Waals surface area contributed by atoms with Crippen LogP contribution >= 0.6 is 0 Å². The van der Waals surface area contributed by atoms with Gasteiger partial charge in [-0.3, -0.25) is 4.79 Å². The van der Waals surface area contributed by atoms with E-state index >= 15 is 0 Å². The average molecular weight is 256 g/mol. The molecule has 1 aromatic carbocycles. The molecule has 2 N–H and O–H groups in total. The zero-order valence-corrected chi connectivity index (χ0v) is 10.8. The van der Waals surface area contributed by atoms with Crippen molar-refractivity contribution in [3.05, 3.63) is 53.0 Å². The van der Waals surface area contributed by atoms with Gasteiger partial charge in [-0.1, -0.05) is 13.0 Å². The Kier molecular flexibility index (Phi) is 2.78. The molecular formula is C15H16N2O2. The van der Waals surface area contributed by atoms with E-state index < -0.39 is 0 Å². The molecular weight excluding hydrogens is 240 g/mol. The fourth-order valence-corrected chi connectivity index (χ4v) is 2.40. The van der Waals surface area contributed by atoms with Gasteiger partial charge in [-0.05, 0) is 35.4 Å². The van der Waals surface area contributed by atoms with E-state index in [-0.39, 0.29) is 5.91 Å². The summed E-state index contributed by atoms with van der Waals surface area (Å²) in [6.45, 7) is 3.22. The molecule has 1 aliphatic heterocycles. The van der Waals surface area contributed by atoms with Gasteiger partial charge in [-0.2, -0.15) is 0 Å². The van der Waals surface area contributed by atoms with Crippen LogP contribution in [-0.2, 0) is 19.5 Å². The number of furan rings is 1. The van der Waals surface area contributed by atoms with E-state index in [9.17, 15) is 4.79 Å². The fraction of sp³-hybridized carbons (Fsp3) is 0.267. The van der Waals surface area contributed by atoms with Gasteiger partial charge in [0.15, 0.2) is 5.76 Å². The smallest absolute Gasteiger partial charge is 0.290 e. The highest BCUT2D eigenvalue weighted by molar-refractivity contribution is 5.92. The Morgan fingerprint density at radius 1 is 1.26 bits per heavy atom. The number of nitrogens with two attached hydrogens (primary N) is 1. The summed E-state index contributed by atoms with van der Waals surface area (Å²) < 4.78 is 5.51. The number of hydrogen-bond donors (Lipinski definition) is 1. The van der Waals surface area contributed by atoms with Gasteiger partial charge >= 0.3 is 0 Å². The first-order valence-electron chi connectivity index (χ1n) is 6.42. The summed E-state index contributed by atoms with van der Waals surface area (Å²) in [5, 5.41) is 0.